The number of hydrogen-bond acceptors (Lipinski definition) is 2. The molecule has 0 aromatic heterocycles. The number of rotatable bonds is 10. The molecule has 4 heteroatoms. The van der Waals surface area contributed by atoms with E-state index in [0.717, 1.165) is 12.2 Å². The Bertz CT molecular complexity index is 986. The minimum atomic E-state index is -0.276. The molecule has 0 bridgehead atoms. The van der Waals surface area contributed by atoms with Crippen molar-refractivity contribution in [3.63, 3.8) is 0 Å². The molecule has 32 heavy (non-hydrogen) atoms. The largest absolute Gasteiger partial charge is 0.491 e. The van der Waals surface area contributed by atoms with Gasteiger partial charge in [0.15, 0.2) is 0 Å². The molecule has 0 spiro atoms. The molecule has 168 valence electrons. The maximum Gasteiger partial charge on any atom is 0.222 e. The molecular formula is C28H32FNO2. The molecule has 0 fully saturated rings. The first-order chi connectivity index (χ1) is 15.5. The molecule has 3 aromatic rings. The minimum Gasteiger partial charge on any atom is -0.491 e. The van der Waals surface area contributed by atoms with Crippen LogP contribution in [0.3, 0.4) is 0 Å². The lowest BCUT2D eigenvalue weighted by atomic mass is 9.88. The van der Waals surface area contributed by atoms with E-state index in [1.54, 1.807) is 23.1 Å². The van der Waals surface area contributed by atoms with E-state index in [2.05, 4.69) is 24.3 Å². The van der Waals surface area contributed by atoms with Crippen LogP contribution in [-0.4, -0.2) is 23.5 Å². The summed E-state index contributed by atoms with van der Waals surface area (Å²) in [6, 6.07) is 25.2. The summed E-state index contributed by atoms with van der Waals surface area (Å²) in [5.41, 5.74) is 2.91. The van der Waals surface area contributed by atoms with Crippen LogP contribution in [0, 0.1) is 5.82 Å². The van der Waals surface area contributed by atoms with Crippen LogP contribution in [0.1, 0.15) is 56.2 Å². The molecule has 0 aliphatic heterocycles. The molecule has 0 heterocycles. The van der Waals surface area contributed by atoms with Crippen LogP contribution in [0.2, 0.25) is 0 Å². The Hall–Kier alpha value is -3.14. The quantitative estimate of drug-likeness (QED) is 0.362. The van der Waals surface area contributed by atoms with Crippen LogP contribution in [-0.2, 0) is 11.3 Å². The molecule has 3 aromatic carbocycles. The Morgan fingerprint density at radius 3 is 2.16 bits per heavy atom. The van der Waals surface area contributed by atoms with Gasteiger partial charge in [0.05, 0.1) is 6.10 Å². The van der Waals surface area contributed by atoms with E-state index in [0.29, 0.717) is 18.5 Å². The average Bonchev–Trinajstić information content (AvgIpc) is 2.80. The summed E-state index contributed by atoms with van der Waals surface area (Å²) in [5.74, 6) is 0.720. The molecule has 0 N–H and O–H groups in total. The number of nitrogens with zero attached hydrogens (tertiary/aromatic N) is 1. The van der Waals surface area contributed by atoms with E-state index in [1.165, 1.54) is 17.2 Å². The monoisotopic (exact) mass is 433 g/mol. The summed E-state index contributed by atoms with van der Waals surface area (Å²) in [6.07, 6.45) is 1.26. The Labute approximate surface area is 190 Å². The third kappa shape index (κ3) is 6.43. The van der Waals surface area contributed by atoms with Gasteiger partial charge in [-0.15, -0.1) is 0 Å². The lowest BCUT2D eigenvalue weighted by molar-refractivity contribution is -0.131. The molecule has 3 rings (SSSR count). The van der Waals surface area contributed by atoms with Crippen molar-refractivity contribution in [3.05, 3.63) is 101 Å². The van der Waals surface area contributed by atoms with Crippen molar-refractivity contribution < 1.29 is 13.9 Å². The van der Waals surface area contributed by atoms with Crippen LogP contribution in [0.25, 0.3) is 0 Å². The Morgan fingerprint density at radius 2 is 1.53 bits per heavy atom. The fourth-order valence-electron chi connectivity index (χ4n) is 3.89. The summed E-state index contributed by atoms with van der Waals surface area (Å²) in [7, 11) is 0. The number of benzene rings is 3. The summed E-state index contributed by atoms with van der Waals surface area (Å²) in [5, 5.41) is 0. The molecule has 0 unspecified atom stereocenters. The van der Waals surface area contributed by atoms with E-state index >= 15 is 0 Å². The molecule has 0 saturated heterocycles. The van der Waals surface area contributed by atoms with Gasteiger partial charge in [-0.2, -0.15) is 0 Å². The third-order valence-corrected chi connectivity index (χ3v) is 5.52. The van der Waals surface area contributed by atoms with Crippen LogP contribution < -0.4 is 4.74 Å². The average molecular weight is 434 g/mol. The van der Waals surface area contributed by atoms with Crippen molar-refractivity contribution in [2.24, 2.45) is 0 Å². The van der Waals surface area contributed by atoms with Gasteiger partial charge < -0.3 is 9.64 Å². The molecule has 0 radical (unpaired) electrons. The lowest BCUT2D eigenvalue weighted by Crippen LogP contribution is -2.32. The zero-order valence-electron chi connectivity index (χ0n) is 19.1. The van der Waals surface area contributed by atoms with Gasteiger partial charge in [-0.05, 0) is 49.6 Å². The first kappa shape index (κ1) is 23.5. The van der Waals surface area contributed by atoms with Crippen LogP contribution in [0.5, 0.6) is 5.75 Å². The summed E-state index contributed by atoms with van der Waals surface area (Å²) >= 11 is 0. The van der Waals surface area contributed by atoms with E-state index in [9.17, 15) is 9.18 Å². The van der Waals surface area contributed by atoms with Gasteiger partial charge in [-0.3, -0.25) is 4.79 Å². The van der Waals surface area contributed by atoms with Gasteiger partial charge in [-0.25, -0.2) is 4.39 Å². The molecule has 0 aliphatic carbocycles. The van der Waals surface area contributed by atoms with E-state index in [4.69, 9.17) is 4.74 Å². The second kappa shape index (κ2) is 11.5. The predicted octanol–water partition coefficient (Wildman–Crippen LogP) is 6.57. The first-order valence-corrected chi connectivity index (χ1v) is 11.3. The fourth-order valence-corrected chi connectivity index (χ4v) is 3.89. The predicted molar refractivity (Wildman–Crippen MR) is 127 cm³/mol. The van der Waals surface area contributed by atoms with Gasteiger partial charge in [0.2, 0.25) is 5.91 Å². The Morgan fingerprint density at radius 1 is 0.906 bits per heavy atom. The molecule has 1 atom stereocenters. The maximum absolute atomic E-state index is 14.2. The number of halogens is 1. The summed E-state index contributed by atoms with van der Waals surface area (Å²) in [6.45, 7) is 6.69. The third-order valence-electron chi connectivity index (χ3n) is 5.52. The number of carbonyl (C=O) groups is 1. The Balaban J connectivity index is 1.82. The van der Waals surface area contributed by atoms with Crippen molar-refractivity contribution in [2.45, 2.75) is 52.2 Å². The molecular weight excluding hydrogens is 401 g/mol. The van der Waals surface area contributed by atoms with Gasteiger partial charge in [0, 0.05) is 31.0 Å². The van der Waals surface area contributed by atoms with Crippen molar-refractivity contribution in [1.29, 1.82) is 0 Å². The molecule has 0 aliphatic rings. The number of ether oxygens (including phenoxy) is 1. The second-order valence-corrected chi connectivity index (χ2v) is 8.25. The molecule has 0 saturated carbocycles. The smallest absolute Gasteiger partial charge is 0.222 e. The molecule has 3 nitrogen and oxygen atoms in total. The highest BCUT2D eigenvalue weighted by Crippen LogP contribution is 2.30. The topological polar surface area (TPSA) is 29.5 Å². The van der Waals surface area contributed by atoms with Crippen molar-refractivity contribution in [2.75, 3.05) is 6.54 Å². The highest BCUT2D eigenvalue weighted by Gasteiger charge is 2.19. The van der Waals surface area contributed by atoms with E-state index in [-0.39, 0.29) is 30.3 Å². The van der Waals surface area contributed by atoms with Crippen molar-refractivity contribution in [3.8, 4) is 5.75 Å². The van der Waals surface area contributed by atoms with E-state index in [1.807, 2.05) is 51.1 Å². The summed E-state index contributed by atoms with van der Waals surface area (Å²) in [4.78, 5) is 14.4. The SMILES string of the molecule is CCC(=O)N(CC[C@@H](c1ccccc1)c1ccc(OC(C)C)cc1)Cc1ccccc1F. The second-order valence-electron chi connectivity index (χ2n) is 8.25. The molecule has 1 amide bonds. The zero-order chi connectivity index (χ0) is 22.9. The fraction of sp³-hybridized carbons (Fsp3) is 0.321. The number of amides is 1. The standard InChI is InChI=1S/C28H32FNO2/c1-4-28(31)30(20-24-12-8-9-13-27(24)29)19-18-26(22-10-6-5-7-11-22)23-14-16-25(17-15-23)32-21(2)3/h5-17,21,26H,4,18-20H2,1-3H3/t26-/m0/s1. The highest BCUT2D eigenvalue weighted by atomic mass is 19.1. The van der Waals surface area contributed by atoms with Crippen molar-refractivity contribution in [1.82, 2.24) is 4.90 Å². The van der Waals surface area contributed by atoms with Gasteiger partial charge >= 0.3 is 0 Å². The van der Waals surface area contributed by atoms with Gasteiger partial charge in [0.1, 0.15) is 11.6 Å². The van der Waals surface area contributed by atoms with E-state index < -0.39 is 0 Å². The Kier molecular flexibility index (Phi) is 8.43. The van der Waals surface area contributed by atoms with Crippen LogP contribution >= 0.6 is 0 Å². The maximum atomic E-state index is 14.2. The highest BCUT2D eigenvalue weighted by molar-refractivity contribution is 5.75. The van der Waals surface area contributed by atoms with Gasteiger partial charge in [-0.1, -0.05) is 67.6 Å². The number of hydrogen-bond donors (Lipinski definition) is 0. The number of carbonyl (C=O) groups excluding carboxylic acids is 1. The van der Waals surface area contributed by atoms with Crippen LogP contribution in [0.4, 0.5) is 4.39 Å². The van der Waals surface area contributed by atoms with Crippen molar-refractivity contribution >= 4 is 5.91 Å². The van der Waals surface area contributed by atoms with Gasteiger partial charge in [0.25, 0.3) is 0 Å². The first-order valence-electron chi connectivity index (χ1n) is 11.3. The normalized spacial score (nSPS) is 11.9. The van der Waals surface area contributed by atoms with Crippen LogP contribution in [0.15, 0.2) is 78.9 Å². The minimum absolute atomic E-state index is 0.0285. The zero-order valence-corrected chi connectivity index (χ0v) is 19.1. The summed E-state index contributed by atoms with van der Waals surface area (Å²) < 4.78 is 20.0. The lowest BCUT2D eigenvalue weighted by Gasteiger charge is -2.26.